The molecule has 1 aromatic rings. The van der Waals surface area contributed by atoms with Crippen molar-refractivity contribution >= 4 is 21.2 Å². The van der Waals surface area contributed by atoms with Gasteiger partial charge in [0.2, 0.25) is 0 Å². The smallest absolute Gasteiger partial charge is 0.150 e. The van der Waals surface area contributed by atoms with Gasteiger partial charge in [-0.05, 0) is 32.1 Å². The average molecular weight is 274 g/mol. The van der Waals surface area contributed by atoms with Crippen LogP contribution in [0, 0.1) is 12.8 Å². The second-order valence-corrected chi connectivity index (χ2v) is 7.89. The van der Waals surface area contributed by atoms with Gasteiger partial charge in [0.25, 0.3) is 0 Å². The van der Waals surface area contributed by atoms with Crippen molar-refractivity contribution < 1.29 is 8.42 Å². The summed E-state index contributed by atoms with van der Waals surface area (Å²) in [4.78, 5) is 5.46. The molecule has 2 atom stereocenters. The van der Waals surface area contributed by atoms with E-state index in [9.17, 15) is 8.42 Å². The maximum absolute atomic E-state index is 11.4. The highest BCUT2D eigenvalue weighted by atomic mass is 32.2. The van der Waals surface area contributed by atoms with E-state index in [4.69, 9.17) is 5.73 Å². The van der Waals surface area contributed by atoms with Crippen LogP contribution in [0.2, 0.25) is 0 Å². The van der Waals surface area contributed by atoms with E-state index in [1.54, 1.807) is 11.3 Å². The van der Waals surface area contributed by atoms with Crippen molar-refractivity contribution in [3.8, 4) is 0 Å². The Labute approximate surface area is 106 Å². The molecule has 6 heteroatoms. The molecule has 2 heterocycles. The van der Waals surface area contributed by atoms with Crippen molar-refractivity contribution in [1.29, 1.82) is 0 Å². The molecule has 0 aliphatic carbocycles. The van der Waals surface area contributed by atoms with E-state index in [-0.39, 0.29) is 17.7 Å². The van der Waals surface area contributed by atoms with E-state index in [2.05, 4.69) is 4.98 Å². The summed E-state index contributed by atoms with van der Waals surface area (Å²) < 4.78 is 22.7. The summed E-state index contributed by atoms with van der Waals surface area (Å²) >= 11 is 1.65. The van der Waals surface area contributed by atoms with Crippen molar-refractivity contribution in [2.75, 3.05) is 11.5 Å². The summed E-state index contributed by atoms with van der Waals surface area (Å²) in [6.07, 6.45) is 2.49. The standard InChI is InChI=1S/C11H18N2O2S2/c1-8-11(16-7-13-8)3-2-10(12)9-4-5-17(14,15)6-9/h7,9-10H,2-6,12H2,1H3. The summed E-state index contributed by atoms with van der Waals surface area (Å²) in [5.41, 5.74) is 9.00. The Kier molecular flexibility index (Phi) is 3.85. The molecule has 2 rings (SSSR count). The fourth-order valence-corrected chi connectivity index (χ4v) is 4.95. The van der Waals surface area contributed by atoms with Crippen molar-refractivity contribution in [1.82, 2.24) is 4.98 Å². The van der Waals surface area contributed by atoms with Gasteiger partial charge < -0.3 is 5.73 Å². The number of nitrogens with two attached hydrogens (primary N) is 1. The first-order chi connectivity index (χ1) is 7.98. The molecule has 2 N–H and O–H groups in total. The Bertz CT molecular complexity index is 481. The molecule has 2 unspecified atom stereocenters. The van der Waals surface area contributed by atoms with Crippen molar-refractivity contribution in [2.45, 2.75) is 32.2 Å². The molecule has 17 heavy (non-hydrogen) atoms. The van der Waals surface area contributed by atoms with Gasteiger partial charge in [-0.2, -0.15) is 0 Å². The van der Waals surface area contributed by atoms with Crippen LogP contribution < -0.4 is 5.73 Å². The normalized spacial score (nSPS) is 24.9. The number of aryl methyl sites for hydroxylation is 2. The lowest BCUT2D eigenvalue weighted by molar-refractivity contribution is 0.439. The average Bonchev–Trinajstić information content (AvgIpc) is 2.81. The van der Waals surface area contributed by atoms with Gasteiger partial charge in [-0.25, -0.2) is 13.4 Å². The van der Waals surface area contributed by atoms with Gasteiger partial charge >= 0.3 is 0 Å². The molecule has 1 fully saturated rings. The maximum Gasteiger partial charge on any atom is 0.150 e. The van der Waals surface area contributed by atoms with Crippen molar-refractivity contribution in [3.63, 3.8) is 0 Å². The summed E-state index contributed by atoms with van der Waals surface area (Å²) in [6, 6.07) is -0.00576. The lowest BCUT2D eigenvalue weighted by Crippen LogP contribution is -2.31. The summed E-state index contributed by atoms with van der Waals surface area (Å²) in [5, 5.41) is 0. The zero-order valence-electron chi connectivity index (χ0n) is 9.93. The predicted molar refractivity (Wildman–Crippen MR) is 69.9 cm³/mol. The fraction of sp³-hybridized carbons (Fsp3) is 0.727. The number of hydrogen-bond acceptors (Lipinski definition) is 5. The molecule has 0 bridgehead atoms. The first-order valence-electron chi connectivity index (χ1n) is 5.83. The first-order valence-corrected chi connectivity index (χ1v) is 8.53. The van der Waals surface area contributed by atoms with Crippen LogP contribution in [0.4, 0.5) is 0 Å². The van der Waals surface area contributed by atoms with Gasteiger partial charge in [-0.15, -0.1) is 11.3 Å². The van der Waals surface area contributed by atoms with E-state index in [1.807, 2.05) is 12.4 Å². The minimum atomic E-state index is -2.81. The van der Waals surface area contributed by atoms with Gasteiger partial charge in [0.15, 0.2) is 9.84 Å². The van der Waals surface area contributed by atoms with Crippen LogP contribution >= 0.6 is 11.3 Å². The first kappa shape index (κ1) is 13.0. The third-order valence-corrected chi connectivity index (χ3v) is 6.21. The minimum Gasteiger partial charge on any atom is -0.327 e. The molecular formula is C11H18N2O2S2. The SMILES string of the molecule is Cc1ncsc1CCC(N)C1CCS(=O)(=O)C1. The summed E-state index contributed by atoms with van der Waals surface area (Å²) in [6.45, 7) is 2.00. The second kappa shape index (κ2) is 5.04. The maximum atomic E-state index is 11.4. The molecule has 1 aliphatic rings. The Morgan fingerprint density at radius 3 is 2.94 bits per heavy atom. The molecule has 0 spiro atoms. The number of sulfone groups is 1. The van der Waals surface area contributed by atoms with Gasteiger partial charge in [-0.3, -0.25) is 0 Å². The van der Waals surface area contributed by atoms with Crippen LogP contribution in [0.25, 0.3) is 0 Å². The number of hydrogen-bond donors (Lipinski definition) is 1. The molecule has 0 saturated carbocycles. The van der Waals surface area contributed by atoms with Crippen LogP contribution in [0.15, 0.2) is 5.51 Å². The third kappa shape index (κ3) is 3.26. The van der Waals surface area contributed by atoms with E-state index >= 15 is 0 Å². The number of nitrogens with zero attached hydrogens (tertiary/aromatic N) is 1. The van der Waals surface area contributed by atoms with E-state index < -0.39 is 9.84 Å². The topological polar surface area (TPSA) is 73.0 Å². The van der Waals surface area contributed by atoms with Crippen LogP contribution in [0.5, 0.6) is 0 Å². The molecule has 1 aromatic heterocycles. The third-order valence-electron chi connectivity index (χ3n) is 3.42. The van der Waals surface area contributed by atoms with Gasteiger partial charge in [-0.1, -0.05) is 0 Å². The molecule has 96 valence electrons. The molecule has 1 saturated heterocycles. The largest absolute Gasteiger partial charge is 0.327 e. The molecule has 0 radical (unpaired) electrons. The Hall–Kier alpha value is -0.460. The van der Waals surface area contributed by atoms with Crippen molar-refractivity contribution in [3.05, 3.63) is 16.1 Å². The predicted octanol–water partition coefficient (Wildman–Crippen LogP) is 1.15. The van der Waals surface area contributed by atoms with E-state index in [1.165, 1.54) is 4.88 Å². The summed E-state index contributed by atoms with van der Waals surface area (Å²) in [5.74, 6) is 0.731. The Balaban J connectivity index is 1.86. The quantitative estimate of drug-likeness (QED) is 0.894. The number of rotatable bonds is 4. The van der Waals surface area contributed by atoms with Gasteiger partial charge in [0.1, 0.15) is 0 Å². The highest BCUT2D eigenvalue weighted by molar-refractivity contribution is 7.91. The van der Waals surface area contributed by atoms with Crippen LogP contribution in [0.3, 0.4) is 0 Å². The molecule has 1 aliphatic heterocycles. The zero-order valence-corrected chi connectivity index (χ0v) is 11.6. The molecule has 0 aromatic carbocycles. The van der Waals surface area contributed by atoms with E-state index in [0.29, 0.717) is 5.75 Å². The highest BCUT2D eigenvalue weighted by Gasteiger charge is 2.31. The number of aromatic nitrogens is 1. The summed E-state index contributed by atoms with van der Waals surface area (Å²) in [7, 11) is -2.81. The van der Waals surface area contributed by atoms with Crippen molar-refractivity contribution in [2.24, 2.45) is 11.7 Å². The van der Waals surface area contributed by atoms with Crippen LogP contribution in [0.1, 0.15) is 23.4 Å². The molecule has 0 amide bonds. The lowest BCUT2D eigenvalue weighted by Gasteiger charge is -2.17. The number of thiazole rings is 1. The zero-order chi connectivity index (χ0) is 12.5. The fourth-order valence-electron chi connectivity index (χ4n) is 2.26. The Morgan fingerprint density at radius 2 is 2.41 bits per heavy atom. The lowest BCUT2D eigenvalue weighted by atomic mass is 9.95. The van der Waals surface area contributed by atoms with Gasteiger partial charge in [0.05, 0.1) is 22.7 Å². The molecular weight excluding hydrogens is 256 g/mol. The second-order valence-electron chi connectivity index (χ2n) is 4.73. The monoisotopic (exact) mass is 274 g/mol. The Morgan fingerprint density at radius 1 is 1.65 bits per heavy atom. The highest BCUT2D eigenvalue weighted by Crippen LogP contribution is 2.24. The minimum absolute atomic E-state index is 0.00576. The van der Waals surface area contributed by atoms with Crippen LogP contribution in [-0.2, 0) is 16.3 Å². The van der Waals surface area contributed by atoms with E-state index in [0.717, 1.165) is 25.0 Å². The van der Waals surface area contributed by atoms with Crippen LogP contribution in [-0.4, -0.2) is 30.9 Å². The van der Waals surface area contributed by atoms with Gasteiger partial charge in [0, 0.05) is 10.9 Å². The molecule has 4 nitrogen and oxygen atoms in total.